The smallest absolute Gasteiger partial charge is 0.264 e. The van der Waals surface area contributed by atoms with Crippen molar-refractivity contribution in [3.05, 3.63) is 70.0 Å². The van der Waals surface area contributed by atoms with Crippen LogP contribution in [0.4, 0.5) is 15.5 Å². The summed E-state index contributed by atoms with van der Waals surface area (Å²) in [5.74, 6) is -0.473. The van der Waals surface area contributed by atoms with Crippen molar-refractivity contribution in [2.24, 2.45) is 5.92 Å². The van der Waals surface area contributed by atoms with E-state index in [-0.39, 0.29) is 18.4 Å². The first-order valence-electron chi connectivity index (χ1n) is 14.9. The number of ether oxygens (including phenoxy) is 1. The van der Waals surface area contributed by atoms with E-state index in [2.05, 4.69) is 26.2 Å². The Morgan fingerprint density at radius 3 is 2.74 bits per heavy atom. The number of hydrogen-bond donors (Lipinski definition) is 1. The summed E-state index contributed by atoms with van der Waals surface area (Å²) in [5, 5.41) is 17.5. The maximum absolute atomic E-state index is 16.1. The van der Waals surface area contributed by atoms with Gasteiger partial charge in [0.1, 0.15) is 0 Å². The fourth-order valence-electron chi connectivity index (χ4n) is 7.31. The minimum absolute atomic E-state index is 0.0115. The van der Waals surface area contributed by atoms with Crippen LogP contribution in [0.2, 0.25) is 18.6 Å². The van der Waals surface area contributed by atoms with Gasteiger partial charge in [-0.1, -0.05) is 40.2 Å². The molecule has 3 aliphatic heterocycles. The van der Waals surface area contributed by atoms with Gasteiger partial charge in [0.25, 0.3) is 5.91 Å². The highest BCUT2D eigenvalue weighted by Gasteiger charge is 2.66. The molecule has 1 N–H and O–H groups in total. The fourth-order valence-corrected chi connectivity index (χ4v) is 10.2. The predicted octanol–water partition coefficient (Wildman–Crippen LogP) is 5.11. The third-order valence-corrected chi connectivity index (χ3v) is 12.1. The number of amides is 2. The molecule has 0 radical (unpaired) electrons. The van der Waals surface area contributed by atoms with Crippen molar-refractivity contribution in [1.82, 2.24) is 15.0 Å². The van der Waals surface area contributed by atoms with E-state index in [0.29, 0.717) is 44.6 Å². The molecule has 1 aromatic heterocycles. The second kappa shape index (κ2) is 11.5. The van der Waals surface area contributed by atoms with Crippen molar-refractivity contribution in [2.75, 3.05) is 23.0 Å². The summed E-state index contributed by atoms with van der Waals surface area (Å²) in [6.45, 7) is 6.80. The molecule has 4 atom stereocenters. The Kier molecular flexibility index (Phi) is 8.07. The van der Waals surface area contributed by atoms with E-state index < -0.39 is 31.6 Å². The minimum atomic E-state index is -3.30. The molecule has 2 saturated heterocycles. The number of fused-ring (bicyclic) bond motifs is 2. The molecule has 12 heteroatoms. The van der Waals surface area contributed by atoms with Gasteiger partial charge in [-0.15, -0.1) is 5.10 Å². The maximum atomic E-state index is 16.1. The standard InChI is InChI=1S/C31H37BrFN5O4Si/c1-20-29(43(2,3)33)27(11-14-36-19-23(12-15-39)34-35-36)42-31(20)25-17-22(32)9-10-26(25)38(30(31)41)18-21-6-4-7-24(16-21)37-13-5-8-28(37)40/h4,6-7,9-10,16-17,19-20,27,29,39H,5,8,11-15,18H2,1-3H3/t20-,27+,29-,31+/m0/s1. The topological polar surface area (TPSA) is 101 Å². The van der Waals surface area contributed by atoms with Gasteiger partial charge in [-0.3, -0.25) is 14.3 Å². The van der Waals surface area contributed by atoms with Gasteiger partial charge in [-0.2, -0.15) is 0 Å². The molecule has 228 valence electrons. The van der Waals surface area contributed by atoms with Crippen LogP contribution in [0, 0.1) is 5.92 Å². The van der Waals surface area contributed by atoms with Crippen LogP contribution in [0.15, 0.2) is 53.1 Å². The molecule has 2 aromatic carbocycles. The first-order chi connectivity index (χ1) is 20.5. The summed E-state index contributed by atoms with van der Waals surface area (Å²) < 4.78 is 25.5. The van der Waals surface area contributed by atoms with E-state index in [0.717, 1.165) is 33.4 Å². The van der Waals surface area contributed by atoms with Crippen molar-refractivity contribution >= 4 is 47.5 Å². The van der Waals surface area contributed by atoms with Crippen LogP contribution < -0.4 is 9.80 Å². The van der Waals surface area contributed by atoms with Gasteiger partial charge in [0.15, 0.2) is 5.60 Å². The van der Waals surface area contributed by atoms with Gasteiger partial charge in [0.2, 0.25) is 14.3 Å². The first-order valence-corrected chi connectivity index (χ1v) is 18.7. The third-order valence-electron chi connectivity index (χ3n) is 9.16. The van der Waals surface area contributed by atoms with Gasteiger partial charge in [0.05, 0.1) is 24.0 Å². The van der Waals surface area contributed by atoms with Gasteiger partial charge >= 0.3 is 0 Å². The molecule has 2 fully saturated rings. The summed E-state index contributed by atoms with van der Waals surface area (Å²) in [6.07, 6.45) is 3.57. The number of aliphatic hydroxyl groups excluding tert-OH is 1. The SMILES string of the molecule is C[C@H]1[C@H]([Si](C)(C)F)[C@@H](CCn2cc(CCO)nn2)O[C@]12C(=O)N(Cc1cccc(N3CCCC3=O)c1)c1ccc(Br)cc12. The van der Waals surface area contributed by atoms with E-state index >= 15 is 4.11 Å². The van der Waals surface area contributed by atoms with Gasteiger partial charge in [0, 0.05) is 65.9 Å². The van der Waals surface area contributed by atoms with E-state index in [1.165, 1.54) is 0 Å². The number of carbonyl (C=O) groups excluding carboxylic acids is 2. The molecule has 0 bridgehead atoms. The average molecular weight is 671 g/mol. The van der Waals surface area contributed by atoms with Crippen molar-refractivity contribution in [3.63, 3.8) is 0 Å². The third kappa shape index (κ3) is 5.36. The number of halogens is 2. The van der Waals surface area contributed by atoms with E-state index in [1.54, 1.807) is 33.8 Å². The summed E-state index contributed by atoms with van der Waals surface area (Å²) in [5.41, 5.74) is 2.19. The zero-order valence-electron chi connectivity index (χ0n) is 24.7. The first kappa shape index (κ1) is 30.1. The predicted molar refractivity (Wildman–Crippen MR) is 167 cm³/mol. The van der Waals surface area contributed by atoms with Crippen molar-refractivity contribution < 1.29 is 23.5 Å². The number of aromatic nitrogens is 3. The number of hydrogen-bond acceptors (Lipinski definition) is 6. The summed E-state index contributed by atoms with van der Waals surface area (Å²) in [6, 6.07) is 13.6. The molecule has 0 saturated carbocycles. The highest BCUT2D eigenvalue weighted by molar-refractivity contribution is 9.10. The highest BCUT2D eigenvalue weighted by Crippen LogP contribution is 2.60. The van der Waals surface area contributed by atoms with Gasteiger partial charge < -0.3 is 23.8 Å². The Hall–Kier alpha value is -2.93. The second-order valence-electron chi connectivity index (χ2n) is 12.4. The summed E-state index contributed by atoms with van der Waals surface area (Å²) in [4.78, 5) is 30.6. The normalized spacial score (nSPS) is 25.4. The lowest BCUT2D eigenvalue weighted by Gasteiger charge is -2.31. The second-order valence-corrected chi connectivity index (χ2v) is 17.1. The van der Waals surface area contributed by atoms with Crippen molar-refractivity contribution in [2.45, 2.75) is 76.0 Å². The van der Waals surface area contributed by atoms with Gasteiger partial charge in [-0.25, -0.2) is 0 Å². The fraction of sp³-hybridized carbons (Fsp3) is 0.484. The van der Waals surface area contributed by atoms with Crippen LogP contribution in [0.1, 0.15) is 43.0 Å². The zero-order chi connectivity index (χ0) is 30.5. The zero-order valence-corrected chi connectivity index (χ0v) is 27.3. The Morgan fingerprint density at radius 1 is 1.21 bits per heavy atom. The van der Waals surface area contributed by atoms with E-state index in [1.807, 2.05) is 49.4 Å². The molecular formula is C31H37BrFN5O4Si. The number of anilines is 2. The van der Waals surface area contributed by atoms with Crippen LogP contribution in [0.5, 0.6) is 0 Å². The number of rotatable bonds is 9. The van der Waals surface area contributed by atoms with Crippen molar-refractivity contribution in [1.29, 1.82) is 0 Å². The largest absolute Gasteiger partial charge is 0.396 e. The molecular weight excluding hydrogens is 633 g/mol. The average Bonchev–Trinajstić information content (AvgIpc) is 3.71. The Morgan fingerprint density at radius 2 is 2.02 bits per heavy atom. The molecule has 1 spiro atoms. The van der Waals surface area contributed by atoms with E-state index in [9.17, 15) is 14.7 Å². The monoisotopic (exact) mass is 669 g/mol. The molecule has 43 heavy (non-hydrogen) atoms. The molecule has 0 unspecified atom stereocenters. The number of carbonyl (C=O) groups is 2. The Bertz CT molecular complexity index is 1550. The number of aryl methyl sites for hydroxylation is 1. The number of nitrogens with zero attached hydrogens (tertiary/aromatic N) is 5. The molecule has 6 rings (SSSR count). The lowest BCUT2D eigenvalue weighted by atomic mass is 9.82. The summed E-state index contributed by atoms with van der Waals surface area (Å²) in [7, 11) is -3.30. The number of aliphatic hydroxyl groups is 1. The Balaban J connectivity index is 1.33. The van der Waals surface area contributed by atoms with Gasteiger partial charge in [-0.05, 0) is 61.8 Å². The quantitative estimate of drug-likeness (QED) is 0.251. The Labute approximate surface area is 260 Å². The molecule has 3 aliphatic rings. The molecule has 2 amide bonds. The lowest BCUT2D eigenvalue weighted by Crippen LogP contribution is -2.45. The maximum Gasteiger partial charge on any atom is 0.264 e. The van der Waals surface area contributed by atoms with Crippen LogP contribution in [0.3, 0.4) is 0 Å². The van der Waals surface area contributed by atoms with Crippen LogP contribution in [-0.2, 0) is 39.4 Å². The molecule has 0 aliphatic carbocycles. The van der Waals surface area contributed by atoms with Crippen LogP contribution in [-0.4, -0.2) is 59.6 Å². The molecule has 9 nitrogen and oxygen atoms in total. The van der Waals surface area contributed by atoms with Crippen LogP contribution in [0.25, 0.3) is 0 Å². The number of benzene rings is 2. The van der Waals surface area contributed by atoms with E-state index in [4.69, 9.17) is 4.74 Å². The lowest BCUT2D eigenvalue weighted by molar-refractivity contribution is -0.146. The van der Waals surface area contributed by atoms with Crippen LogP contribution >= 0.6 is 15.9 Å². The summed E-state index contributed by atoms with van der Waals surface area (Å²) >= 11 is 3.60. The minimum Gasteiger partial charge on any atom is -0.396 e. The molecule has 4 heterocycles. The highest BCUT2D eigenvalue weighted by atomic mass is 79.9. The van der Waals surface area contributed by atoms with Crippen molar-refractivity contribution in [3.8, 4) is 0 Å². The molecule has 3 aromatic rings.